The second-order valence-corrected chi connectivity index (χ2v) is 11.8. The molecule has 2 amide bonds. The topological polar surface area (TPSA) is 59.4 Å². The fourth-order valence-corrected chi connectivity index (χ4v) is 7.93. The summed E-state index contributed by atoms with van der Waals surface area (Å²) in [4.78, 5) is 42.4. The molecule has 37 heavy (non-hydrogen) atoms. The van der Waals surface area contributed by atoms with Crippen LogP contribution in [0.3, 0.4) is 0 Å². The highest BCUT2D eigenvalue weighted by molar-refractivity contribution is 8.00. The molecule has 5 nitrogen and oxygen atoms in total. The molecule has 0 saturated carbocycles. The zero-order valence-electron chi connectivity index (χ0n) is 18.9. The van der Waals surface area contributed by atoms with Gasteiger partial charge in [-0.1, -0.05) is 70.6 Å². The van der Waals surface area contributed by atoms with Gasteiger partial charge in [-0.3, -0.25) is 19.0 Å². The van der Waals surface area contributed by atoms with Crippen LogP contribution in [0.15, 0.2) is 82.6 Å². The third kappa shape index (κ3) is 4.22. The minimum atomic E-state index is -0.740. The van der Waals surface area contributed by atoms with Gasteiger partial charge in [-0.2, -0.15) is 0 Å². The average molecular weight is 571 g/mol. The van der Waals surface area contributed by atoms with Crippen LogP contribution in [0, 0.1) is 11.7 Å². The van der Waals surface area contributed by atoms with Crippen LogP contribution in [0.5, 0.6) is 0 Å². The number of amides is 2. The van der Waals surface area contributed by atoms with Gasteiger partial charge in [0.1, 0.15) is 11.1 Å². The summed E-state index contributed by atoms with van der Waals surface area (Å²) >= 11 is 14.5. The van der Waals surface area contributed by atoms with E-state index in [4.69, 9.17) is 23.2 Å². The van der Waals surface area contributed by atoms with E-state index in [-0.39, 0.29) is 16.7 Å². The van der Waals surface area contributed by atoms with Crippen LogP contribution in [0.25, 0.3) is 0 Å². The number of aromatic nitrogens is 1. The van der Waals surface area contributed by atoms with E-state index < -0.39 is 22.9 Å². The van der Waals surface area contributed by atoms with Gasteiger partial charge in [0.25, 0.3) is 0 Å². The molecule has 1 fully saturated rings. The van der Waals surface area contributed by atoms with Gasteiger partial charge in [0.2, 0.25) is 11.8 Å². The minimum Gasteiger partial charge on any atom is -0.289 e. The van der Waals surface area contributed by atoms with E-state index in [0.717, 1.165) is 32.2 Å². The number of carbonyl (C=O) groups excluding carboxylic acids is 2. The number of rotatable bonds is 4. The van der Waals surface area contributed by atoms with Crippen LogP contribution >= 0.6 is 46.3 Å². The largest absolute Gasteiger partial charge is 0.308 e. The Bertz CT molecular complexity index is 1580. The van der Waals surface area contributed by atoms with E-state index >= 15 is 0 Å². The second-order valence-electron chi connectivity index (χ2n) is 8.83. The molecule has 3 heterocycles. The maximum atomic E-state index is 13.8. The average Bonchev–Trinajstić information content (AvgIpc) is 3.33. The lowest BCUT2D eigenvalue weighted by Gasteiger charge is -2.30. The van der Waals surface area contributed by atoms with Crippen molar-refractivity contribution >= 4 is 63.8 Å². The van der Waals surface area contributed by atoms with Gasteiger partial charge in [-0.15, -0.1) is 0 Å². The number of hydrogen-bond donors (Lipinski definition) is 0. The number of benzene rings is 3. The first-order valence-electron chi connectivity index (χ1n) is 11.4. The Labute approximate surface area is 229 Å². The summed E-state index contributed by atoms with van der Waals surface area (Å²) in [5.74, 6) is -2.44. The molecule has 0 radical (unpaired) electrons. The first-order valence-corrected chi connectivity index (χ1v) is 13.8. The lowest BCUT2D eigenvalue weighted by atomic mass is 9.83. The van der Waals surface area contributed by atoms with Crippen molar-refractivity contribution in [2.45, 2.75) is 22.7 Å². The molecule has 6 rings (SSSR count). The maximum Gasteiger partial charge on any atom is 0.308 e. The van der Waals surface area contributed by atoms with Crippen molar-refractivity contribution in [2.24, 2.45) is 5.92 Å². The van der Waals surface area contributed by atoms with E-state index in [9.17, 15) is 18.8 Å². The number of nitrogens with zero attached hydrogens (tertiary/aromatic N) is 2. The molecule has 0 aliphatic carbocycles. The van der Waals surface area contributed by atoms with Gasteiger partial charge < -0.3 is 0 Å². The number of thioether (sulfide) groups is 1. The van der Waals surface area contributed by atoms with Gasteiger partial charge >= 0.3 is 4.87 Å². The summed E-state index contributed by atoms with van der Waals surface area (Å²) in [6.07, 6.45) is 0. The number of carbonyl (C=O) groups is 2. The lowest BCUT2D eigenvalue weighted by molar-refractivity contribution is -0.122. The van der Waals surface area contributed by atoms with Crippen molar-refractivity contribution in [2.75, 3.05) is 4.90 Å². The van der Waals surface area contributed by atoms with Crippen LogP contribution in [0.4, 0.5) is 10.1 Å². The zero-order chi connectivity index (χ0) is 25.8. The lowest BCUT2D eigenvalue weighted by Crippen LogP contribution is -2.32. The monoisotopic (exact) mass is 570 g/mol. The smallest absolute Gasteiger partial charge is 0.289 e. The fourth-order valence-electron chi connectivity index (χ4n) is 4.90. The SMILES string of the molecule is O=C1[C@@H]2[C@H](c3ccc(Cl)cc3)c3sc(=O)n(Cc4ccc(Cl)cc4)c3S[C@H]2C(=O)N1c1ccc(F)cc1. The summed E-state index contributed by atoms with van der Waals surface area (Å²) in [5, 5.41) is 1.07. The number of hydrogen-bond acceptors (Lipinski definition) is 5. The number of anilines is 1. The molecule has 3 atom stereocenters. The molecule has 186 valence electrons. The molecule has 0 spiro atoms. The Balaban J connectivity index is 1.48. The third-order valence-electron chi connectivity index (χ3n) is 6.62. The molecular formula is C27H17Cl2FN2O3S2. The van der Waals surface area contributed by atoms with Crippen molar-refractivity contribution in [3.05, 3.63) is 114 Å². The number of imide groups is 1. The molecular weight excluding hydrogens is 554 g/mol. The maximum absolute atomic E-state index is 13.8. The van der Waals surface area contributed by atoms with Gasteiger partial charge in [0.05, 0.1) is 23.2 Å². The summed E-state index contributed by atoms with van der Waals surface area (Å²) in [6.45, 7) is 0.309. The molecule has 10 heteroatoms. The molecule has 0 bridgehead atoms. The van der Waals surface area contributed by atoms with E-state index in [1.807, 2.05) is 24.3 Å². The van der Waals surface area contributed by atoms with Crippen molar-refractivity contribution in [1.29, 1.82) is 0 Å². The van der Waals surface area contributed by atoms with Gasteiger partial charge in [0, 0.05) is 20.8 Å². The van der Waals surface area contributed by atoms with Crippen molar-refractivity contribution in [1.82, 2.24) is 4.57 Å². The molecule has 0 N–H and O–H groups in total. The number of halogens is 3. The Morgan fingerprint density at radius 1 is 0.811 bits per heavy atom. The van der Waals surface area contributed by atoms with Crippen LogP contribution in [0.1, 0.15) is 21.9 Å². The molecule has 2 aliphatic rings. The highest BCUT2D eigenvalue weighted by atomic mass is 35.5. The Morgan fingerprint density at radius 3 is 2.08 bits per heavy atom. The highest BCUT2D eigenvalue weighted by Crippen LogP contribution is 2.54. The first-order chi connectivity index (χ1) is 17.8. The van der Waals surface area contributed by atoms with E-state index in [1.54, 1.807) is 28.8 Å². The standard InChI is InChI=1S/C27H17Cl2FN2O3S2/c28-16-5-1-14(2-6-16)13-31-26-23(37-27(31)35)20(15-3-7-17(29)8-4-15)21-22(36-26)25(34)32(24(21)33)19-11-9-18(30)10-12-19/h1-12,20-22H,13H2/t20-,21+,22+/m0/s1. The van der Waals surface area contributed by atoms with Crippen molar-refractivity contribution < 1.29 is 14.0 Å². The highest BCUT2D eigenvalue weighted by Gasteiger charge is 2.56. The van der Waals surface area contributed by atoms with E-state index in [2.05, 4.69) is 0 Å². The quantitative estimate of drug-likeness (QED) is 0.274. The van der Waals surface area contributed by atoms with Crippen LogP contribution in [-0.2, 0) is 16.1 Å². The van der Waals surface area contributed by atoms with Crippen LogP contribution in [0.2, 0.25) is 10.0 Å². The summed E-state index contributed by atoms with van der Waals surface area (Å²) in [5.41, 5.74) is 2.01. The normalized spacial score (nSPS) is 20.7. The Morgan fingerprint density at radius 2 is 1.43 bits per heavy atom. The fraction of sp³-hybridized carbons (Fsp3) is 0.148. The Kier molecular flexibility index (Phi) is 6.23. The predicted octanol–water partition coefficient (Wildman–Crippen LogP) is 6.20. The third-order valence-corrected chi connectivity index (χ3v) is 9.72. The summed E-state index contributed by atoms with van der Waals surface area (Å²) < 4.78 is 15.2. The zero-order valence-corrected chi connectivity index (χ0v) is 22.1. The summed E-state index contributed by atoms with van der Waals surface area (Å²) in [6, 6.07) is 19.7. The molecule has 1 aromatic heterocycles. The summed E-state index contributed by atoms with van der Waals surface area (Å²) in [7, 11) is 0. The molecule has 4 aromatic rings. The second kappa shape index (κ2) is 9.44. The Hall–Kier alpha value is -2.91. The van der Waals surface area contributed by atoms with E-state index in [1.165, 1.54) is 36.0 Å². The molecule has 2 aliphatic heterocycles. The van der Waals surface area contributed by atoms with Crippen LogP contribution < -0.4 is 9.77 Å². The number of thiazole rings is 1. The molecule has 0 unspecified atom stereocenters. The van der Waals surface area contributed by atoms with Gasteiger partial charge in [-0.05, 0) is 59.7 Å². The van der Waals surface area contributed by atoms with Gasteiger partial charge in [-0.25, -0.2) is 9.29 Å². The molecule has 1 saturated heterocycles. The minimum absolute atomic E-state index is 0.165. The van der Waals surface area contributed by atoms with Crippen molar-refractivity contribution in [3.63, 3.8) is 0 Å². The van der Waals surface area contributed by atoms with Crippen molar-refractivity contribution in [3.8, 4) is 0 Å². The van der Waals surface area contributed by atoms with E-state index in [0.29, 0.717) is 27.3 Å². The van der Waals surface area contributed by atoms with Crippen LogP contribution in [-0.4, -0.2) is 21.6 Å². The predicted molar refractivity (Wildman–Crippen MR) is 144 cm³/mol. The first kappa shape index (κ1) is 24.4. The number of fused-ring (bicyclic) bond motifs is 2. The molecule has 3 aromatic carbocycles. The van der Waals surface area contributed by atoms with Gasteiger partial charge in [0.15, 0.2) is 0 Å².